The Morgan fingerprint density at radius 1 is 1.28 bits per heavy atom. The van der Waals surface area contributed by atoms with E-state index in [0.717, 1.165) is 6.07 Å². The molecule has 3 rings (SSSR count). The quantitative estimate of drug-likeness (QED) is 0.541. The standard InChI is InChI=1S/C16H13N5O4/c1-10-8-15(20(19-10)14-4-2-3-7-17-14)18-13-9-11(21(24)25)5-6-12(13)16(22)23/h2-9,18H,1H3,(H,22,23). The zero-order valence-electron chi connectivity index (χ0n) is 13.1. The summed E-state index contributed by atoms with van der Waals surface area (Å²) in [5.41, 5.74) is 0.472. The van der Waals surface area contributed by atoms with Gasteiger partial charge in [0.2, 0.25) is 0 Å². The third kappa shape index (κ3) is 3.29. The summed E-state index contributed by atoms with van der Waals surface area (Å²) in [5.74, 6) is -0.224. The zero-order valence-corrected chi connectivity index (χ0v) is 13.1. The molecule has 2 heterocycles. The monoisotopic (exact) mass is 339 g/mol. The van der Waals surface area contributed by atoms with Gasteiger partial charge in [0.05, 0.1) is 21.9 Å². The number of nitrogens with zero attached hydrogens (tertiary/aromatic N) is 4. The van der Waals surface area contributed by atoms with Gasteiger partial charge in [-0.05, 0) is 25.1 Å². The SMILES string of the molecule is Cc1cc(Nc2cc([N+](=O)[O-])ccc2C(=O)O)n(-c2ccccn2)n1. The van der Waals surface area contributed by atoms with Gasteiger partial charge in [0, 0.05) is 24.4 Å². The molecule has 9 nitrogen and oxygen atoms in total. The number of nitro groups is 1. The molecule has 0 unspecified atom stereocenters. The Balaban J connectivity index is 2.07. The van der Waals surface area contributed by atoms with Crippen molar-refractivity contribution < 1.29 is 14.8 Å². The maximum Gasteiger partial charge on any atom is 0.337 e. The molecule has 9 heteroatoms. The highest BCUT2D eigenvalue weighted by atomic mass is 16.6. The fourth-order valence-electron chi connectivity index (χ4n) is 2.32. The van der Waals surface area contributed by atoms with Crippen LogP contribution in [-0.4, -0.2) is 30.8 Å². The van der Waals surface area contributed by atoms with E-state index in [1.165, 1.54) is 16.8 Å². The molecule has 0 saturated heterocycles. The average molecular weight is 339 g/mol. The minimum absolute atomic E-state index is 0.0861. The Kier molecular flexibility index (Phi) is 4.12. The largest absolute Gasteiger partial charge is 0.478 e. The van der Waals surface area contributed by atoms with Crippen LogP contribution in [0.4, 0.5) is 17.2 Å². The fraction of sp³-hybridized carbons (Fsp3) is 0.0625. The summed E-state index contributed by atoms with van der Waals surface area (Å²) in [5, 5.41) is 27.5. The van der Waals surface area contributed by atoms with Gasteiger partial charge >= 0.3 is 5.97 Å². The lowest BCUT2D eigenvalue weighted by Gasteiger charge is -2.11. The first-order valence-electron chi connectivity index (χ1n) is 7.22. The molecule has 2 N–H and O–H groups in total. The number of pyridine rings is 1. The normalized spacial score (nSPS) is 10.4. The topological polar surface area (TPSA) is 123 Å². The van der Waals surface area contributed by atoms with Crippen LogP contribution in [0, 0.1) is 17.0 Å². The molecule has 0 aliphatic rings. The van der Waals surface area contributed by atoms with Crippen LogP contribution < -0.4 is 5.32 Å². The average Bonchev–Trinajstić information content (AvgIpc) is 2.95. The lowest BCUT2D eigenvalue weighted by atomic mass is 10.1. The maximum absolute atomic E-state index is 11.4. The number of rotatable bonds is 5. The van der Waals surface area contributed by atoms with Crippen molar-refractivity contribution in [3.63, 3.8) is 0 Å². The molecule has 0 radical (unpaired) electrons. The molecule has 0 amide bonds. The summed E-state index contributed by atoms with van der Waals surface area (Å²) in [6, 6.07) is 10.5. The van der Waals surface area contributed by atoms with Crippen molar-refractivity contribution in [1.82, 2.24) is 14.8 Å². The molecule has 0 fully saturated rings. The number of anilines is 2. The van der Waals surface area contributed by atoms with Crippen LogP contribution in [0.3, 0.4) is 0 Å². The van der Waals surface area contributed by atoms with E-state index in [4.69, 9.17) is 0 Å². The van der Waals surface area contributed by atoms with E-state index in [1.807, 2.05) is 0 Å². The summed E-state index contributed by atoms with van der Waals surface area (Å²) in [6.45, 7) is 1.77. The number of carboxylic acid groups (broad SMARTS) is 1. The molecule has 0 aliphatic carbocycles. The number of aryl methyl sites for hydroxylation is 1. The van der Waals surface area contributed by atoms with Crippen molar-refractivity contribution in [2.24, 2.45) is 0 Å². The summed E-state index contributed by atoms with van der Waals surface area (Å²) in [7, 11) is 0. The van der Waals surface area contributed by atoms with Crippen molar-refractivity contribution in [3.05, 3.63) is 70.0 Å². The van der Waals surface area contributed by atoms with E-state index in [2.05, 4.69) is 15.4 Å². The zero-order chi connectivity index (χ0) is 18.0. The number of carboxylic acids is 1. The Bertz CT molecular complexity index is 952. The molecule has 1 aromatic carbocycles. The molecule has 0 atom stereocenters. The lowest BCUT2D eigenvalue weighted by Crippen LogP contribution is -2.08. The van der Waals surface area contributed by atoms with Gasteiger partial charge in [-0.15, -0.1) is 0 Å². The van der Waals surface area contributed by atoms with Gasteiger partial charge in [-0.1, -0.05) is 6.07 Å². The van der Waals surface area contributed by atoms with Crippen LogP contribution in [0.5, 0.6) is 0 Å². The number of aromatic carboxylic acids is 1. The van der Waals surface area contributed by atoms with E-state index < -0.39 is 10.9 Å². The van der Waals surface area contributed by atoms with Crippen LogP contribution in [0.25, 0.3) is 5.82 Å². The van der Waals surface area contributed by atoms with Crippen molar-refractivity contribution in [2.45, 2.75) is 6.92 Å². The molecule has 2 aromatic heterocycles. The molecule has 126 valence electrons. The number of nitro benzene ring substituents is 1. The van der Waals surface area contributed by atoms with Crippen molar-refractivity contribution in [1.29, 1.82) is 0 Å². The highest BCUT2D eigenvalue weighted by Gasteiger charge is 2.17. The van der Waals surface area contributed by atoms with Crippen LogP contribution >= 0.6 is 0 Å². The summed E-state index contributed by atoms with van der Waals surface area (Å²) < 4.78 is 1.50. The molecule has 0 saturated carbocycles. The number of nitrogens with one attached hydrogen (secondary N) is 1. The molecule has 0 aliphatic heterocycles. The summed E-state index contributed by atoms with van der Waals surface area (Å²) >= 11 is 0. The van der Waals surface area contributed by atoms with Gasteiger partial charge in [0.25, 0.3) is 5.69 Å². The maximum atomic E-state index is 11.4. The Hall–Kier alpha value is -3.75. The lowest BCUT2D eigenvalue weighted by molar-refractivity contribution is -0.384. The number of hydrogen-bond acceptors (Lipinski definition) is 6. The van der Waals surface area contributed by atoms with Crippen molar-refractivity contribution in [2.75, 3.05) is 5.32 Å². The first-order valence-corrected chi connectivity index (χ1v) is 7.22. The Labute approximate surface area is 141 Å². The fourth-order valence-corrected chi connectivity index (χ4v) is 2.32. The number of aromatic nitrogens is 3. The van der Waals surface area contributed by atoms with E-state index in [0.29, 0.717) is 17.3 Å². The Morgan fingerprint density at radius 2 is 2.08 bits per heavy atom. The predicted molar refractivity (Wildman–Crippen MR) is 89.4 cm³/mol. The van der Waals surface area contributed by atoms with Gasteiger partial charge in [-0.25, -0.2) is 9.78 Å². The van der Waals surface area contributed by atoms with Crippen LogP contribution in [0.15, 0.2) is 48.7 Å². The van der Waals surface area contributed by atoms with Crippen LogP contribution in [0.2, 0.25) is 0 Å². The van der Waals surface area contributed by atoms with Crippen LogP contribution in [-0.2, 0) is 0 Å². The van der Waals surface area contributed by atoms with Crippen LogP contribution in [0.1, 0.15) is 16.1 Å². The smallest absolute Gasteiger partial charge is 0.337 e. The van der Waals surface area contributed by atoms with Gasteiger partial charge in [0.1, 0.15) is 5.82 Å². The molecule has 0 bridgehead atoms. The summed E-state index contributed by atoms with van der Waals surface area (Å²) in [6.07, 6.45) is 1.60. The third-order valence-corrected chi connectivity index (χ3v) is 3.40. The highest BCUT2D eigenvalue weighted by Crippen LogP contribution is 2.27. The first kappa shape index (κ1) is 16.1. The number of hydrogen-bond donors (Lipinski definition) is 2. The van der Waals surface area contributed by atoms with E-state index >= 15 is 0 Å². The third-order valence-electron chi connectivity index (χ3n) is 3.40. The minimum Gasteiger partial charge on any atom is -0.478 e. The number of carbonyl (C=O) groups is 1. The molecule has 3 aromatic rings. The van der Waals surface area contributed by atoms with E-state index in [9.17, 15) is 20.0 Å². The van der Waals surface area contributed by atoms with E-state index in [-0.39, 0.29) is 16.9 Å². The summed E-state index contributed by atoms with van der Waals surface area (Å²) in [4.78, 5) is 26.0. The molecular formula is C16H13N5O4. The first-order chi connectivity index (χ1) is 12.0. The second kappa shape index (κ2) is 6.40. The minimum atomic E-state index is -1.20. The predicted octanol–water partition coefficient (Wildman–Crippen LogP) is 2.93. The number of non-ortho nitro benzene ring substituents is 1. The highest BCUT2D eigenvalue weighted by molar-refractivity contribution is 5.95. The molecule has 25 heavy (non-hydrogen) atoms. The van der Waals surface area contributed by atoms with E-state index in [1.54, 1.807) is 37.4 Å². The van der Waals surface area contributed by atoms with Crippen molar-refractivity contribution >= 4 is 23.2 Å². The van der Waals surface area contributed by atoms with Gasteiger partial charge in [-0.3, -0.25) is 10.1 Å². The van der Waals surface area contributed by atoms with Crippen molar-refractivity contribution in [3.8, 4) is 5.82 Å². The van der Waals surface area contributed by atoms with Gasteiger partial charge < -0.3 is 10.4 Å². The number of benzene rings is 1. The molecule has 0 spiro atoms. The molecular weight excluding hydrogens is 326 g/mol. The Morgan fingerprint density at radius 3 is 2.72 bits per heavy atom. The second-order valence-electron chi connectivity index (χ2n) is 5.19. The van der Waals surface area contributed by atoms with Gasteiger partial charge in [0.15, 0.2) is 5.82 Å². The second-order valence-corrected chi connectivity index (χ2v) is 5.19. The van der Waals surface area contributed by atoms with Gasteiger partial charge in [-0.2, -0.15) is 9.78 Å².